The zero-order valence-corrected chi connectivity index (χ0v) is 16.4. The first-order chi connectivity index (χ1) is 13.8. The van der Waals surface area contributed by atoms with Gasteiger partial charge in [-0.1, -0.05) is 12.1 Å². The summed E-state index contributed by atoms with van der Waals surface area (Å²) in [6, 6.07) is 7.26. The van der Waals surface area contributed by atoms with Gasteiger partial charge in [-0.15, -0.1) is 0 Å². The second-order valence-electron chi connectivity index (χ2n) is 6.95. The van der Waals surface area contributed by atoms with Gasteiger partial charge in [0, 0.05) is 24.7 Å². The average molecular weight is 418 g/mol. The van der Waals surface area contributed by atoms with Crippen LogP contribution in [-0.2, 0) is 16.9 Å². The molecule has 1 saturated heterocycles. The summed E-state index contributed by atoms with van der Waals surface area (Å²) in [6.45, 7) is 0. The molecule has 0 bridgehead atoms. The van der Waals surface area contributed by atoms with Crippen LogP contribution in [0.1, 0.15) is 12.8 Å². The molecule has 1 aliphatic heterocycles. The molecule has 4 rings (SSSR count). The lowest BCUT2D eigenvalue weighted by molar-refractivity contribution is 0.434. The number of para-hydroxylation sites is 1. The van der Waals surface area contributed by atoms with Crippen molar-refractivity contribution in [2.24, 2.45) is 7.05 Å². The fraction of sp³-hybridized carbons (Fsp3) is 0.316. The van der Waals surface area contributed by atoms with Gasteiger partial charge in [0.2, 0.25) is 5.95 Å². The van der Waals surface area contributed by atoms with Crippen molar-refractivity contribution < 1.29 is 17.5 Å². The largest absolute Gasteiger partial charge is 0.448 e. The van der Waals surface area contributed by atoms with Crippen molar-refractivity contribution in [3.8, 4) is 11.5 Å². The number of hydrogen-bond donors (Lipinski definition) is 1. The molecular formula is C19H19FN4O4S. The summed E-state index contributed by atoms with van der Waals surface area (Å²) in [5.74, 6) is -0.0668. The zero-order chi connectivity index (χ0) is 20.6. The number of halogens is 1. The maximum absolute atomic E-state index is 13.8. The minimum absolute atomic E-state index is 0.0353. The molecule has 0 spiro atoms. The Morgan fingerprint density at radius 1 is 1.21 bits per heavy atom. The first kappa shape index (κ1) is 19.3. The normalized spacial score (nSPS) is 16.6. The van der Waals surface area contributed by atoms with E-state index in [0.29, 0.717) is 29.8 Å². The third-order valence-electron chi connectivity index (χ3n) is 4.86. The molecule has 1 fully saturated rings. The highest BCUT2D eigenvalue weighted by atomic mass is 32.2. The molecule has 0 unspecified atom stereocenters. The van der Waals surface area contributed by atoms with Crippen LogP contribution in [0.3, 0.4) is 0 Å². The molecule has 0 radical (unpaired) electrons. The SMILES string of the molecule is Cn1c(=O)c(Oc2ccccc2F)cc2cnc(NC3CCS(=O)(=O)CC3)nc21. The Bertz CT molecular complexity index is 1230. The summed E-state index contributed by atoms with van der Waals surface area (Å²) in [5, 5.41) is 3.69. The van der Waals surface area contributed by atoms with Crippen molar-refractivity contribution in [1.82, 2.24) is 14.5 Å². The van der Waals surface area contributed by atoms with Gasteiger partial charge in [-0.05, 0) is 31.0 Å². The number of nitrogens with one attached hydrogen (secondary N) is 1. The molecule has 0 aliphatic carbocycles. The highest BCUT2D eigenvalue weighted by Gasteiger charge is 2.24. The number of rotatable bonds is 4. The van der Waals surface area contributed by atoms with Gasteiger partial charge in [0.1, 0.15) is 15.5 Å². The van der Waals surface area contributed by atoms with Gasteiger partial charge in [-0.3, -0.25) is 9.36 Å². The quantitative estimate of drug-likeness (QED) is 0.693. The summed E-state index contributed by atoms with van der Waals surface area (Å²) in [7, 11) is -1.41. The standard InChI is InChI=1S/C19H19FN4O4S/c1-24-17-12(10-16(18(24)25)28-15-5-3-2-4-14(15)20)11-21-19(23-17)22-13-6-8-29(26,27)9-7-13/h2-5,10-11,13H,6-9H2,1H3,(H,21,22,23). The number of aryl methyl sites for hydroxylation is 1. The lowest BCUT2D eigenvalue weighted by Crippen LogP contribution is -2.32. The third-order valence-corrected chi connectivity index (χ3v) is 6.58. The fourth-order valence-corrected chi connectivity index (χ4v) is 4.71. The van der Waals surface area contributed by atoms with E-state index in [0.717, 1.165) is 0 Å². The maximum Gasteiger partial charge on any atom is 0.294 e. The zero-order valence-electron chi connectivity index (χ0n) is 15.6. The number of fused-ring (bicyclic) bond motifs is 1. The van der Waals surface area contributed by atoms with Crippen molar-refractivity contribution in [3.05, 3.63) is 52.7 Å². The summed E-state index contributed by atoms with van der Waals surface area (Å²) in [5.41, 5.74) is -0.0778. The van der Waals surface area contributed by atoms with Gasteiger partial charge in [-0.25, -0.2) is 17.8 Å². The molecule has 1 aromatic carbocycles. The number of ether oxygens (including phenoxy) is 1. The Kier molecular flexibility index (Phi) is 4.95. The van der Waals surface area contributed by atoms with Crippen LogP contribution in [0.2, 0.25) is 0 Å². The molecule has 1 aliphatic rings. The molecule has 29 heavy (non-hydrogen) atoms. The monoisotopic (exact) mass is 418 g/mol. The molecule has 152 valence electrons. The number of hydrogen-bond acceptors (Lipinski definition) is 7. The molecule has 0 saturated carbocycles. The van der Waals surface area contributed by atoms with E-state index < -0.39 is 21.2 Å². The molecule has 10 heteroatoms. The van der Waals surface area contributed by atoms with Gasteiger partial charge in [0.15, 0.2) is 17.3 Å². The van der Waals surface area contributed by atoms with Crippen LogP contribution in [0.4, 0.5) is 10.3 Å². The summed E-state index contributed by atoms with van der Waals surface area (Å²) < 4.78 is 43.7. The smallest absolute Gasteiger partial charge is 0.294 e. The van der Waals surface area contributed by atoms with Crippen LogP contribution in [0.15, 0.2) is 41.3 Å². The van der Waals surface area contributed by atoms with E-state index in [9.17, 15) is 17.6 Å². The van der Waals surface area contributed by atoms with E-state index in [2.05, 4.69) is 15.3 Å². The molecule has 1 N–H and O–H groups in total. The van der Waals surface area contributed by atoms with Crippen LogP contribution in [-0.4, -0.2) is 40.5 Å². The predicted molar refractivity (Wildman–Crippen MR) is 107 cm³/mol. The maximum atomic E-state index is 13.8. The third kappa shape index (κ3) is 4.07. The van der Waals surface area contributed by atoms with Crippen LogP contribution in [0, 0.1) is 5.82 Å². The van der Waals surface area contributed by atoms with Gasteiger partial charge >= 0.3 is 0 Å². The van der Waals surface area contributed by atoms with E-state index in [1.807, 2.05) is 0 Å². The summed E-state index contributed by atoms with van der Waals surface area (Å²) >= 11 is 0. The molecule has 2 aromatic heterocycles. The van der Waals surface area contributed by atoms with E-state index in [1.165, 1.54) is 35.0 Å². The Morgan fingerprint density at radius 3 is 2.66 bits per heavy atom. The Hall–Kier alpha value is -3.01. The molecule has 0 atom stereocenters. The van der Waals surface area contributed by atoms with Gasteiger partial charge in [-0.2, -0.15) is 4.98 Å². The molecular weight excluding hydrogens is 399 g/mol. The molecule has 0 amide bonds. The topological polar surface area (TPSA) is 103 Å². The first-order valence-corrected chi connectivity index (χ1v) is 10.9. The first-order valence-electron chi connectivity index (χ1n) is 9.08. The summed E-state index contributed by atoms with van der Waals surface area (Å²) in [4.78, 5) is 21.3. The number of sulfone groups is 1. The molecule has 3 aromatic rings. The number of anilines is 1. The minimum Gasteiger partial charge on any atom is -0.448 e. The highest BCUT2D eigenvalue weighted by molar-refractivity contribution is 7.91. The van der Waals surface area contributed by atoms with E-state index >= 15 is 0 Å². The second kappa shape index (κ2) is 7.43. The number of aromatic nitrogens is 3. The molecule has 8 nitrogen and oxygen atoms in total. The number of nitrogens with zero attached hydrogens (tertiary/aromatic N) is 3. The minimum atomic E-state index is -2.96. The Morgan fingerprint density at radius 2 is 1.93 bits per heavy atom. The highest BCUT2D eigenvalue weighted by Crippen LogP contribution is 2.24. The van der Waals surface area contributed by atoms with Crippen LogP contribution in [0.5, 0.6) is 11.5 Å². The lowest BCUT2D eigenvalue weighted by Gasteiger charge is -2.23. The fourth-order valence-electron chi connectivity index (χ4n) is 3.22. The van der Waals surface area contributed by atoms with Crippen LogP contribution >= 0.6 is 0 Å². The number of benzene rings is 1. The van der Waals surface area contributed by atoms with Gasteiger partial charge in [0.25, 0.3) is 5.56 Å². The van der Waals surface area contributed by atoms with E-state index in [4.69, 9.17) is 4.74 Å². The average Bonchev–Trinajstić information content (AvgIpc) is 2.69. The van der Waals surface area contributed by atoms with Crippen molar-refractivity contribution >= 4 is 26.8 Å². The Labute approximate surface area is 166 Å². The lowest BCUT2D eigenvalue weighted by atomic mass is 10.2. The van der Waals surface area contributed by atoms with Gasteiger partial charge in [0.05, 0.1) is 11.5 Å². The summed E-state index contributed by atoms with van der Waals surface area (Å²) in [6.07, 6.45) is 2.51. The number of pyridine rings is 1. The van der Waals surface area contributed by atoms with Crippen LogP contribution in [0.25, 0.3) is 11.0 Å². The van der Waals surface area contributed by atoms with Gasteiger partial charge < -0.3 is 10.1 Å². The van der Waals surface area contributed by atoms with Crippen LogP contribution < -0.4 is 15.6 Å². The molecule has 3 heterocycles. The van der Waals surface area contributed by atoms with Crippen molar-refractivity contribution in [1.29, 1.82) is 0 Å². The van der Waals surface area contributed by atoms with E-state index in [-0.39, 0.29) is 29.0 Å². The van der Waals surface area contributed by atoms with Crippen molar-refractivity contribution in [3.63, 3.8) is 0 Å². The van der Waals surface area contributed by atoms with Crippen molar-refractivity contribution in [2.75, 3.05) is 16.8 Å². The predicted octanol–water partition coefficient (Wildman–Crippen LogP) is 2.25. The Balaban J connectivity index is 1.62. The second-order valence-corrected chi connectivity index (χ2v) is 9.25. The van der Waals surface area contributed by atoms with E-state index in [1.54, 1.807) is 13.1 Å². The van der Waals surface area contributed by atoms with Crippen molar-refractivity contribution in [2.45, 2.75) is 18.9 Å².